The van der Waals surface area contributed by atoms with Gasteiger partial charge in [-0.25, -0.2) is 0 Å². The largest absolute Gasteiger partial charge is 0.508 e. The zero-order valence-corrected chi connectivity index (χ0v) is 34.3. The van der Waals surface area contributed by atoms with E-state index >= 15 is 0 Å². The molecule has 5 unspecified atom stereocenters. The maximum Gasteiger partial charge on any atom is 0.115 e. The van der Waals surface area contributed by atoms with E-state index in [1.54, 1.807) is 130 Å². The number of hydrogen-bond acceptors (Lipinski definition) is 2. The van der Waals surface area contributed by atoms with E-state index in [4.69, 9.17) is 0 Å². The van der Waals surface area contributed by atoms with Crippen LogP contribution in [0.5, 0.6) is 5.75 Å². The van der Waals surface area contributed by atoms with E-state index in [-0.39, 0.29) is 5.41 Å². The van der Waals surface area contributed by atoms with E-state index in [1.165, 1.54) is 85.9 Å². The van der Waals surface area contributed by atoms with Crippen molar-refractivity contribution in [2.24, 2.45) is 5.92 Å². The summed E-state index contributed by atoms with van der Waals surface area (Å²) in [5.74, 6) is 1.77. The maximum atomic E-state index is 10.6. The molecule has 0 saturated carbocycles. The summed E-state index contributed by atoms with van der Waals surface area (Å²) in [5, 5.41) is 40.1. The third-order valence-corrected chi connectivity index (χ3v) is 19.2. The van der Waals surface area contributed by atoms with Gasteiger partial charge >= 0.3 is 0 Å². The third kappa shape index (κ3) is 2.83. The molecule has 8 aliphatic carbocycles. The van der Waals surface area contributed by atoms with Gasteiger partial charge in [0.15, 0.2) is 0 Å². The Morgan fingerprint density at radius 1 is 0.633 bits per heavy atom. The third-order valence-electron chi connectivity index (χ3n) is 19.2. The number of nitrogens with zero attached hydrogens (tertiary/aromatic N) is 1. The molecule has 9 aromatic rings. The Morgan fingerprint density at radius 3 is 2.27 bits per heavy atom. The number of rotatable bonds is 11. The Labute approximate surface area is 347 Å². The second kappa shape index (κ2) is 9.42. The van der Waals surface area contributed by atoms with Crippen molar-refractivity contribution >= 4 is 104 Å². The first kappa shape index (κ1) is 30.6. The van der Waals surface area contributed by atoms with Crippen LogP contribution in [-0.4, -0.2) is 17.7 Å². The van der Waals surface area contributed by atoms with Crippen molar-refractivity contribution in [2.75, 3.05) is 11.4 Å². The maximum absolute atomic E-state index is 10.6. The molecule has 1 saturated heterocycles. The Morgan fingerprint density at radius 2 is 1.40 bits per heavy atom. The van der Waals surface area contributed by atoms with Gasteiger partial charge in [0.2, 0.25) is 0 Å². The van der Waals surface area contributed by atoms with E-state index in [1.807, 2.05) is 12.1 Å². The number of anilines is 1. The molecule has 9 aromatic carbocycles. The lowest BCUT2D eigenvalue weighted by Gasteiger charge is -2.43. The van der Waals surface area contributed by atoms with Crippen molar-refractivity contribution in [3.8, 4) is 5.75 Å². The van der Waals surface area contributed by atoms with Crippen LogP contribution in [0.3, 0.4) is 0 Å². The summed E-state index contributed by atoms with van der Waals surface area (Å²) >= 11 is 0. The predicted molar refractivity (Wildman–Crippen MR) is 249 cm³/mol. The molecule has 0 amide bonds. The van der Waals surface area contributed by atoms with Crippen molar-refractivity contribution in [1.82, 2.24) is 0 Å². The smallest absolute Gasteiger partial charge is 0.115 e. The van der Waals surface area contributed by atoms with Crippen molar-refractivity contribution in [3.05, 3.63) is 103 Å². The molecule has 1 N–H and O–H groups in total. The number of hydrogen-bond donors (Lipinski definition) is 1. The molecular formula is C58H45NO. The summed E-state index contributed by atoms with van der Waals surface area (Å²) in [6.45, 7) is 3.40. The number of benzene rings is 6. The molecule has 60 heavy (non-hydrogen) atoms. The lowest BCUT2D eigenvalue weighted by atomic mass is 9.60. The van der Waals surface area contributed by atoms with Crippen molar-refractivity contribution in [1.29, 1.82) is 0 Å². The van der Waals surface area contributed by atoms with Crippen molar-refractivity contribution in [2.45, 2.75) is 114 Å². The van der Waals surface area contributed by atoms with Gasteiger partial charge in [0, 0.05) is 41.4 Å². The van der Waals surface area contributed by atoms with E-state index < -0.39 is 0 Å². The molecule has 1 spiro atoms. The topological polar surface area (TPSA) is 23.5 Å². The normalized spacial score (nSPS) is 26.1. The quantitative estimate of drug-likeness (QED) is 0.105. The number of phenolic OH excluding ortho intramolecular Hbond substituents is 1. The van der Waals surface area contributed by atoms with Gasteiger partial charge < -0.3 is 10.0 Å². The van der Waals surface area contributed by atoms with Gasteiger partial charge in [-0.2, -0.15) is 0 Å². The van der Waals surface area contributed by atoms with Crippen LogP contribution < -0.4 is 25.8 Å². The minimum atomic E-state index is 0.0357. The Bertz CT molecular complexity index is 3940. The van der Waals surface area contributed by atoms with Crippen LogP contribution in [0.4, 0.5) is 5.69 Å². The van der Waals surface area contributed by atoms with Gasteiger partial charge in [-0.3, -0.25) is 0 Å². The van der Waals surface area contributed by atoms with E-state index in [2.05, 4.69) is 54.3 Å². The highest BCUT2D eigenvalue weighted by atomic mass is 16.3. The van der Waals surface area contributed by atoms with Crippen molar-refractivity contribution in [3.63, 3.8) is 0 Å². The van der Waals surface area contributed by atoms with Crippen molar-refractivity contribution < 1.29 is 5.11 Å². The molecule has 2 nitrogen and oxygen atoms in total. The van der Waals surface area contributed by atoms with E-state index in [9.17, 15) is 5.11 Å². The summed E-state index contributed by atoms with van der Waals surface area (Å²) in [6, 6.07) is 16.8. The summed E-state index contributed by atoms with van der Waals surface area (Å²) < 4.78 is 0. The molecule has 0 aromatic heterocycles. The molecule has 18 rings (SSSR count). The van der Waals surface area contributed by atoms with Crippen LogP contribution >= 0.6 is 0 Å². The van der Waals surface area contributed by atoms with Crippen LogP contribution in [-0.2, 0) is 11.8 Å². The van der Waals surface area contributed by atoms with Gasteiger partial charge in [-0.1, -0.05) is 94.1 Å². The van der Waals surface area contributed by atoms with Crippen LogP contribution in [0.25, 0.3) is 98.2 Å². The fraction of sp³-hybridized carbons (Fsp3) is 0.345. The first-order valence-corrected chi connectivity index (χ1v) is 24.0. The van der Waals surface area contributed by atoms with Crippen LogP contribution in [0.2, 0.25) is 0 Å². The molecule has 5 atom stereocenters. The minimum Gasteiger partial charge on any atom is -0.508 e. The average Bonchev–Trinajstić information content (AvgIpc) is 4.11. The number of phenols is 1. The van der Waals surface area contributed by atoms with E-state index in [0.717, 1.165) is 25.8 Å². The van der Waals surface area contributed by atoms with Gasteiger partial charge in [0.25, 0.3) is 0 Å². The number of aromatic hydroxyl groups is 1. The van der Waals surface area contributed by atoms with Gasteiger partial charge in [-0.15, -0.1) is 0 Å². The molecule has 288 valence electrons. The predicted octanol–water partition coefficient (Wildman–Crippen LogP) is 11.0. The Kier molecular flexibility index (Phi) is 4.81. The number of allylic oxidation sites excluding steroid dienone is 2. The molecule has 1 heterocycles. The minimum absolute atomic E-state index is 0.0357. The second-order valence-electron chi connectivity index (χ2n) is 21.4. The lowest BCUT2D eigenvalue weighted by molar-refractivity contribution is 0.325. The highest BCUT2D eigenvalue weighted by molar-refractivity contribution is 6.52. The first-order chi connectivity index (χ1) is 29.7. The molecule has 2 heteroatoms. The molecule has 0 bridgehead atoms. The molecule has 1 aliphatic heterocycles. The lowest BCUT2D eigenvalue weighted by Crippen LogP contribution is -2.48. The summed E-state index contributed by atoms with van der Waals surface area (Å²) in [7, 11) is 0. The second-order valence-corrected chi connectivity index (χ2v) is 21.4. The highest BCUT2D eigenvalue weighted by Gasteiger charge is 2.62. The van der Waals surface area contributed by atoms with Gasteiger partial charge in [0.1, 0.15) is 5.75 Å². The molecule has 0 radical (unpaired) electrons. The standard InChI is InChI=1S/C58H45NO/c1-2-3-4-5-6-7-8-9-10-11-36-58-23-31-21-29-19-26-16-25-17-28-18-27-20-30-22-34(35(58)24-59(36)32-12-14-33(60)15-13-32)44-49-40(30)39(27)46-41(28)45-37(25)38(26)47-42(29)48-43(31)57(58)56(44)55-53(48)51(47)50(45)52(46)54(49)55/h12-19,21,35-36,41,45,60H,2-11,20,22-24H2,1H3. The average molecular weight is 772 g/mol. The number of fused-ring (bicyclic) bond motifs is 1. The van der Waals surface area contributed by atoms with Crippen LogP contribution in [0.15, 0.2) is 54.1 Å². The highest BCUT2D eigenvalue weighted by Crippen LogP contribution is 2.70. The Hall–Kier alpha value is -5.34. The summed E-state index contributed by atoms with van der Waals surface area (Å²) in [4.78, 5) is 2.88. The summed E-state index contributed by atoms with van der Waals surface area (Å²) in [6.07, 6.45) is 22.3. The van der Waals surface area contributed by atoms with Crippen LogP contribution in [0.1, 0.15) is 124 Å². The van der Waals surface area contributed by atoms with Gasteiger partial charge in [-0.05, 0) is 197 Å². The van der Waals surface area contributed by atoms with Crippen LogP contribution in [0, 0.1) is 5.92 Å². The zero-order chi connectivity index (χ0) is 38.4. The van der Waals surface area contributed by atoms with E-state index in [0.29, 0.717) is 29.5 Å². The monoisotopic (exact) mass is 771 g/mol. The molecule has 9 aliphatic rings. The first-order valence-electron chi connectivity index (χ1n) is 24.0. The fourth-order valence-electron chi connectivity index (χ4n) is 17.7. The summed E-state index contributed by atoms with van der Waals surface area (Å²) in [5.41, 5.74) is 16.7. The Balaban J connectivity index is 0.980. The molecule has 1 fully saturated rings. The van der Waals surface area contributed by atoms with Gasteiger partial charge in [0.05, 0.1) is 0 Å². The fourth-order valence-corrected chi connectivity index (χ4v) is 17.7. The number of unbranched alkanes of at least 4 members (excludes halogenated alkanes) is 8. The zero-order valence-electron chi connectivity index (χ0n) is 34.3. The SMILES string of the molecule is CCCCCCCCCCCC1N(c2ccc(O)cc2)CC2C3=c4c5c6c7c(cc8cc9cc%10c%11c9c9c%12c%13c%14c%15c%16c(c4c%14c5c%12c7c89)=C(CC=%16C=C(C=%10)C%15C%11%13)C3)CC621. The molecular weight excluding hydrogens is 727 g/mol.